The number of nitrogen functional groups attached to an aromatic ring is 1. The van der Waals surface area contributed by atoms with Crippen LogP contribution in [0, 0.1) is 0 Å². The Morgan fingerprint density at radius 3 is 1.59 bits per heavy atom. The normalized spacial score (nSPS) is 10.4. The number of nitrogens with one attached hydrogen (secondary N) is 2. The van der Waals surface area contributed by atoms with Crippen LogP contribution in [0.5, 0.6) is 0 Å². The minimum Gasteiger partial charge on any atom is -0.459 e. The van der Waals surface area contributed by atoms with Crippen LogP contribution in [0.4, 0.5) is 10.3 Å². The fourth-order valence-corrected chi connectivity index (χ4v) is 6.29. The third kappa shape index (κ3) is 13.4. The molecule has 0 spiro atoms. The van der Waals surface area contributed by atoms with Gasteiger partial charge in [-0.1, -0.05) is 103 Å². The number of carbonyl (C=O) groups excluding carboxylic acids is 3. The number of aldehydes is 1. The molecule has 56 heavy (non-hydrogen) atoms. The molecule has 0 bridgehead atoms. The zero-order valence-corrected chi connectivity index (χ0v) is 33.4. The van der Waals surface area contributed by atoms with E-state index in [1.165, 1.54) is 22.7 Å². The highest BCUT2D eigenvalue weighted by molar-refractivity contribution is 7.14. The van der Waals surface area contributed by atoms with Crippen LogP contribution in [-0.2, 0) is 9.47 Å². The predicted octanol–water partition coefficient (Wildman–Crippen LogP) is 10.9. The van der Waals surface area contributed by atoms with E-state index >= 15 is 0 Å². The summed E-state index contributed by atoms with van der Waals surface area (Å²) >= 11 is 15.1. The van der Waals surface area contributed by atoms with Crippen molar-refractivity contribution >= 4 is 80.6 Å². The number of nitrogens with two attached hydrogens (primary N) is 1. The van der Waals surface area contributed by atoms with Gasteiger partial charge >= 0.3 is 11.9 Å². The van der Waals surface area contributed by atoms with Crippen molar-refractivity contribution in [2.45, 2.75) is 47.3 Å². The Morgan fingerprint density at radius 1 is 0.696 bits per heavy atom. The van der Waals surface area contributed by atoms with Gasteiger partial charge in [0.05, 0.1) is 40.9 Å². The SMILES string of the molecule is C.CC(C)OC(=O)c1ccccc1/C=N/Nc1nc(-c2ccccc2Cl)cs1.CC(C)OC(=O)c1ccccc1C=O.NNc1nc(-c2ccccc2Cl)cs1. The second-order valence-electron chi connectivity index (χ2n) is 11.8. The molecular formula is C41H42Cl2N6O5S2. The summed E-state index contributed by atoms with van der Waals surface area (Å²) in [6.45, 7) is 7.16. The average molecular weight is 834 g/mol. The molecule has 4 aromatic carbocycles. The van der Waals surface area contributed by atoms with E-state index in [2.05, 4.69) is 25.9 Å². The van der Waals surface area contributed by atoms with E-state index in [0.29, 0.717) is 48.8 Å². The summed E-state index contributed by atoms with van der Waals surface area (Å²) in [6, 6.07) is 28.8. The number of hydrogen-bond acceptors (Lipinski definition) is 13. The number of rotatable bonds is 11. The highest BCUT2D eigenvalue weighted by Crippen LogP contribution is 2.31. The third-order valence-electron chi connectivity index (χ3n) is 6.97. The second kappa shape index (κ2) is 22.8. The molecule has 0 saturated carbocycles. The van der Waals surface area contributed by atoms with E-state index in [0.717, 1.165) is 22.5 Å². The minimum atomic E-state index is -0.456. The molecule has 6 rings (SSSR count). The van der Waals surface area contributed by atoms with Crippen molar-refractivity contribution in [2.24, 2.45) is 10.9 Å². The van der Waals surface area contributed by atoms with Crippen LogP contribution in [0.25, 0.3) is 22.5 Å². The van der Waals surface area contributed by atoms with Crippen LogP contribution in [0.1, 0.15) is 71.8 Å². The molecule has 0 saturated heterocycles. The number of benzene rings is 4. The molecule has 292 valence electrons. The molecule has 4 N–H and O–H groups in total. The maximum Gasteiger partial charge on any atom is 0.339 e. The monoisotopic (exact) mass is 832 g/mol. The lowest BCUT2D eigenvalue weighted by atomic mass is 10.1. The number of anilines is 2. The summed E-state index contributed by atoms with van der Waals surface area (Å²) in [5, 5.41) is 10.7. The lowest BCUT2D eigenvalue weighted by Crippen LogP contribution is -2.13. The molecule has 0 fully saturated rings. The molecule has 11 nitrogen and oxygen atoms in total. The first-order chi connectivity index (χ1) is 26.5. The maximum atomic E-state index is 12.2. The summed E-state index contributed by atoms with van der Waals surface area (Å²) < 4.78 is 10.2. The molecule has 0 aliphatic rings. The Morgan fingerprint density at radius 2 is 1.12 bits per heavy atom. The summed E-state index contributed by atoms with van der Waals surface area (Å²) in [6.07, 6.45) is 1.87. The van der Waals surface area contributed by atoms with Gasteiger partial charge in [0.15, 0.2) is 11.4 Å². The van der Waals surface area contributed by atoms with Crippen LogP contribution >= 0.6 is 45.9 Å². The van der Waals surface area contributed by atoms with E-state index in [4.69, 9.17) is 38.5 Å². The predicted molar refractivity (Wildman–Crippen MR) is 230 cm³/mol. The molecule has 0 atom stereocenters. The molecule has 0 aliphatic carbocycles. The number of aromatic nitrogens is 2. The van der Waals surface area contributed by atoms with Gasteiger partial charge < -0.3 is 9.47 Å². The van der Waals surface area contributed by atoms with Gasteiger partial charge in [-0.2, -0.15) is 5.10 Å². The first kappa shape index (κ1) is 45.0. The molecule has 2 heterocycles. The third-order valence-corrected chi connectivity index (χ3v) is 9.15. The Bertz CT molecular complexity index is 2220. The van der Waals surface area contributed by atoms with Gasteiger partial charge in [-0.3, -0.25) is 15.6 Å². The van der Waals surface area contributed by atoms with E-state index < -0.39 is 5.97 Å². The number of carbonyl (C=O) groups is 3. The fraction of sp³-hybridized carbons (Fsp3) is 0.171. The number of hydrogen-bond donors (Lipinski definition) is 3. The largest absolute Gasteiger partial charge is 0.459 e. The number of hydrazine groups is 1. The van der Waals surface area contributed by atoms with Crippen LogP contribution in [0.3, 0.4) is 0 Å². The van der Waals surface area contributed by atoms with Crippen molar-refractivity contribution in [1.29, 1.82) is 0 Å². The molecule has 0 radical (unpaired) electrons. The van der Waals surface area contributed by atoms with Gasteiger partial charge in [0.25, 0.3) is 0 Å². The van der Waals surface area contributed by atoms with Crippen molar-refractivity contribution in [3.63, 3.8) is 0 Å². The van der Waals surface area contributed by atoms with E-state index in [9.17, 15) is 14.4 Å². The van der Waals surface area contributed by atoms with Gasteiger partial charge in [-0.25, -0.2) is 25.4 Å². The van der Waals surface area contributed by atoms with Gasteiger partial charge in [0, 0.05) is 43.1 Å². The zero-order valence-electron chi connectivity index (χ0n) is 30.2. The van der Waals surface area contributed by atoms with Crippen molar-refractivity contribution in [3.05, 3.63) is 140 Å². The molecule has 15 heteroatoms. The van der Waals surface area contributed by atoms with Gasteiger partial charge in [-0.15, -0.1) is 22.7 Å². The smallest absolute Gasteiger partial charge is 0.339 e. The number of halogens is 2. The summed E-state index contributed by atoms with van der Waals surface area (Å²) in [5.74, 6) is 4.42. The molecule has 0 amide bonds. The zero-order chi connectivity index (χ0) is 39.7. The number of hydrazone groups is 1. The first-order valence-corrected chi connectivity index (χ1v) is 19.2. The number of ether oxygens (including phenoxy) is 2. The lowest BCUT2D eigenvalue weighted by Gasteiger charge is -2.09. The summed E-state index contributed by atoms with van der Waals surface area (Å²) in [5.41, 5.74) is 10.6. The number of thiazole rings is 2. The topological polar surface area (TPSA) is 158 Å². The number of nitrogens with zero attached hydrogens (tertiary/aromatic N) is 3. The maximum absolute atomic E-state index is 12.2. The van der Waals surface area contributed by atoms with Crippen LogP contribution < -0.4 is 16.7 Å². The highest BCUT2D eigenvalue weighted by atomic mass is 35.5. The van der Waals surface area contributed by atoms with Gasteiger partial charge in [-0.05, 0) is 52.0 Å². The molecule has 0 aliphatic heterocycles. The van der Waals surface area contributed by atoms with E-state index in [-0.39, 0.29) is 25.6 Å². The lowest BCUT2D eigenvalue weighted by molar-refractivity contribution is 0.0366. The van der Waals surface area contributed by atoms with Crippen molar-refractivity contribution in [1.82, 2.24) is 9.97 Å². The average Bonchev–Trinajstić information content (AvgIpc) is 3.86. The highest BCUT2D eigenvalue weighted by Gasteiger charge is 2.14. The van der Waals surface area contributed by atoms with Gasteiger partial charge in [0.1, 0.15) is 0 Å². The molecule has 6 aromatic rings. The first-order valence-electron chi connectivity index (χ1n) is 16.7. The van der Waals surface area contributed by atoms with Gasteiger partial charge in [0.2, 0.25) is 5.13 Å². The Hall–Kier alpha value is -5.44. The molecule has 0 unspecified atom stereocenters. The second-order valence-corrected chi connectivity index (χ2v) is 14.3. The number of esters is 2. The standard InChI is InChI=1S/C20H18ClN3O2S.C11H12O3.C9H8ClN3S.CH4/c1-13(2)26-19(25)15-8-4-3-7-14(15)11-22-24-20-23-18(12-27-20)16-9-5-6-10-17(16)21;1-8(2)14-11(13)10-6-4-3-5-9(10)7-12;10-7-4-2-1-3-6(7)8-5-14-9(12-8)13-11;/h3-13H,1-2H3,(H,23,24);3-8H,1-2H3;1-5H,11H2,(H,12,13);1H4/b22-11+;;;. The van der Waals surface area contributed by atoms with Crippen LogP contribution in [0.2, 0.25) is 10.0 Å². The fourth-order valence-electron chi connectivity index (χ4n) is 4.54. The van der Waals surface area contributed by atoms with Crippen molar-refractivity contribution < 1.29 is 23.9 Å². The van der Waals surface area contributed by atoms with Crippen molar-refractivity contribution in [2.75, 3.05) is 10.9 Å². The Balaban J connectivity index is 0.000000245. The van der Waals surface area contributed by atoms with Crippen LogP contribution in [0.15, 0.2) is 113 Å². The van der Waals surface area contributed by atoms with Crippen LogP contribution in [-0.4, -0.2) is 46.6 Å². The Labute approximate surface area is 344 Å². The van der Waals surface area contributed by atoms with E-state index in [1.807, 2.05) is 79.2 Å². The summed E-state index contributed by atoms with van der Waals surface area (Å²) in [4.78, 5) is 43.0. The summed E-state index contributed by atoms with van der Waals surface area (Å²) in [7, 11) is 0. The minimum absolute atomic E-state index is 0. The van der Waals surface area contributed by atoms with E-state index in [1.54, 1.807) is 62.5 Å². The molecular weight excluding hydrogens is 792 g/mol. The molecule has 2 aromatic heterocycles. The van der Waals surface area contributed by atoms with Crippen molar-refractivity contribution in [3.8, 4) is 22.5 Å². The quantitative estimate of drug-likeness (QED) is 0.0377. The Kier molecular flexibility index (Phi) is 18.3.